The molecule has 0 bridgehead atoms. The molecule has 2 fully saturated rings. The number of benzene rings is 6. The first kappa shape index (κ1) is 45.5. The Labute approximate surface area is 357 Å². The zero-order chi connectivity index (χ0) is 43.6. The Morgan fingerprint density at radius 3 is 0.984 bits per heavy atom. The molecule has 6 aromatic rings. The molecule has 0 aromatic heterocycles. The minimum absolute atomic E-state index is 0. The van der Waals surface area contributed by atoms with Crippen LogP contribution in [-0.4, -0.2) is 66.2 Å². The highest BCUT2D eigenvalue weighted by Gasteiger charge is 2.36. The van der Waals surface area contributed by atoms with E-state index in [1.165, 1.54) is 24.3 Å². The van der Waals surface area contributed by atoms with Crippen LogP contribution in [0.15, 0.2) is 170 Å². The Morgan fingerprint density at radius 2 is 0.710 bits per heavy atom. The number of imide groups is 2. The summed E-state index contributed by atoms with van der Waals surface area (Å²) in [5.74, 6) is -3.88. The summed E-state index contributed by atoms with van der Waals surface area (Å²) in [6.45, 7) is 0. The van der Waals surface area contributed by atoms with Crippen LogP contribution in [0.4, 0.5) is 0 Å². The molecule has 0 spiro atoms. The normalized spacial score (nSPS) is 13.6. The van der Waals surface area contributed by atoms with Gasteiger partial charge in [-0.3, -0.25) is 24.4 Å². The lowest BCUT2D eigenvalue weighted by Gasteiger charge is -2.30. The maximum Gasteiger partial charge on any atom is 0.363 e. The maximum atomic E-state index is 12.4. The Balaban J connectivity index is 0.000000200. The highest BCUT2D eigenvalue weighted by Crippen LogP contribution is 2.38. The van der Waals surface area contributed by atoms with Crippen molar-refractivity contribution in [3.8, 4) is 0 Å². The molecule has 13 heteroatoms. The van der Waals surface area contributed by atoms with Gasteiger partial charge in [-0.2, -0.15) is 5.06 Å². The number of nitrogens with zero attached hydrogens (tertiary/aromatic N) is 2. The molecule has 0 aliphatic carbocycles. The Bertz CT molecular complexity index is 2390. The van der Waals surface area contributed by atoms with E-state index in [2.05, 4.69) is 0 Å². The van der Waals surface area contributed by atoms with Crippen molar-refractivity contribution in [2.75, 3.05) is 0 Å². The van der Waals surface area contributed by atoms with Crippen LogP contribution in [0.25, 0.3) is 0 Å². The van der Waals surface area contributed by atoms with Gasteiger partial charge in [0.1, 0.15) is 11.2 Å². The summed E-state index contributed by atoms with van der Waals surface area (Å²) < 4.78 is 0. The maximum absolute atomic E-state index is 12.4. The van der Waals surface area contributed by atoms with Crippen LogP contribution in [0.5, 0.6) is 0 Å². The second-order valence-corrected chi connectivity index (χ2v) is 13.9. The average Bonchev–Trinajstić information content (AvgIpc) is 3.79. The van der Waals surface area contributed by atoms with E-state index in [-0.39, 0.29) is 49.3 Å². The Kier molecular flexibility index (Phi) is 14.8. The first-order valence-corrected chi connectivity index (χ1v) is 19.1. The van der Waals surface area contributed by atoms with Gasteiger partial charge in [0, 0.05) is 25.7 Å². The van der Waals surface area contributed by atoms with Crippen molar-refractivity contribution in [3.63, 3.8) is 0 Å². The number of hydrogen-bond donors (Lipinski definition) is 4. The fraction of sp³-hybridized carbons (Fsp3) is 0.143. The molecule has 13 nitrogen and oxygen atoms in total. The molecule has 4 amide bonds. The molecule has 0 atom stereocenters. The third-order valence-corrected chi connectivity index (χ3v) is 10.1. The predicted molar refractivity (Wildman–Crippen MR) is 226 cm³/mol. The molecule has 0 saturated carbocycles. The zero-order valence-electron chi connectivity index (χ0n) is 32.5. The van der Waals surface area contributed by atoms with Gasteiger partial charge in [0.25, 0.3) is 23.6 Å². The average molecular weight is 837 g/mol. The van der Waals surface area contributed by atoms with Gasteiger partial charge in [0.2, 0.25) is 0 Å². The summed E-state index contributed by atoms with van der Waals surface area (Å²) in [5, 5.41) is 41.4. The number of carboxylic acid groups (broad SMARTS) is 1. The van der Waals surface area contributed by atoms with E-state index in [1.807, 2.05) is 121 Å². The van der Waals surface area contributed by atoms with Crippen molar-refractivity contribution in [1.82, 2.24) is 10.1 Å². The molecule has 62 heavy (non-hydrogen) atoms. The van der Waals surface area contributed by atoms with Gasteiger partial charge < -0.3 is 20.2 Å². The van der Waals surface area contributed by atoms with E-state index < -0.39 is 46.8 Å². The number of carboxylic acids is 1. The number of carbonyl (C=O) groups excluding carboxylic acids is 5. The van der Waals surface area contributed by atoms with Gasteiger partial charge in [-0.15, -0.1) is 5.06 Å². The third-order valence-electron chi connectivity index (χ3n) is 10.1. The molecule has 2 aliphatic heterocycles. The van der Waals surface area contributed by atoms with Crippen LogP contribution in [0.2, 0.25) is 0 Å². The molecule has 4 N–H and O–H groups in total. The largest absolute Gasteiger partial charge is 0.478 e. The predicted octanol–water partition coefficient (Wildman–Crippen LogP) is 7.02. The van der Waals surface area contributed by atoms with E-state index >= 15 is 0 Å². The molecule has 2 saturated heterocycles. The lowest BCUT2D eigenvalue weighted by atomic mass is 9.80. The summed E-state index contributed by atoms with van der Waals surface area (Å²) in [5.41, 5.74) is 1.60. The number of hydroxylamine groups is 4. The standard InChI is InChI=1S/C24H19NO5.C20H16O3.C4H5NO3.CH4/c26-21-15-16-22(27)25(21)30-23(28)17-11-13-20(14-12-17)24(29,18-7-3-1-4-8-18)19-9-5-2-6-10-19;21-19(22)15-11-13-18(14-12-15)20(23,16-7-3-1-4-8-16)17-9-5-2-6-10-17;6-3-1-2-4(7)5(3)8;/h1-14,29H,15-16H2;1-14,23H,(H,21,22);8H,1-2H2;1H4. The minimum Gasteiger partial charge on any atom is -0.478 e. The molecule has 6 aromatic carbocycles. The molecule has 8 rings (SSSR count). The van der Waals surface area contributed by atoms with Crippen LogP contribution in [0.3, 0.4) is 0 Å². The summed E-state index contributed by atoms with van der Waals surface area (Å²) in [6, 6.07) is 49.7. The van der Waals surface area contributed by atoms with Crippen molar-refractivity contribution in [3.05, 3.63) is 214 Å². The summed E-state index contributed by atoms with van der Waals surface area (Å²) >= 11 is 0. The first-order chi connectivity index (χ1) is 29.3. The molecular formula is C49H44N2O11. The van der Waals surface area contributed by atoms with Gasteiger partial charge in [-0.1, -0.05) is 153 Å². The molecule has 0 radical (unpaired) electrons. The van der Waals surface area contributed by atoms with Crippen LogP contribution >= 0.6 is 0 Å². The second-order valence-electron chi connectivity index (χ2n) is 13.9. The number of carbonyl (C=O) groups is 6. The van der Waals surface area contributed by atoms with Crippen molar-refractivity contribution in [2.45, 2.75) is 44.3 Å². The molecule has 0 unspecified atom stereocenters. The molecular weight excluding hydrogens is 793 g/mol. The third kappa shape index (κ3) is 9.88. The molecule has 2 aliphatic rings. The van der Waals surface area contributed by atoms with E-state index in [0.717, 1.165) is 11.1 Å². The molecule has 2 heterocycles. The van der Waals surface area contributed by atoms with Crippen LogP contribution in [0.1, 0.15) is 87.2 Å². The minimum atomic E-state index is -1.42. The van der Waals surface area contributed by atoms with E-state index in [0.29, 0.717) is 27.3 Å². The summed E-state index contributed by atoms with van der Waals surface area (Å²) in [6.07, 6.45) is 0.364. The van der Waals surface area contributed by atoms with Gasteiger partial charge in [0.05, 0.1) is 11.1 Å². The number of hydrogen-bond acceptors (Lipinski definition) is 10. The lowest BCUT2D eigenvalue weighted by Crippen LogP contribution is -2.32. The second kappa shape index (κ2) is 20.1. The number of aromatic carboxylic acids is 1. The van der Waals surface area contributed by atoms with Gasteiger partial charge in [0.15, 0.2) is 0 Å². The SMILES string of the molecule is C.O=C(O)c1ccc(C(O)(c2ccccc2)c2ccccc2)cc1.O=C(ON1C(=O)CCC1=O)c1ccc(C(O)(c2ccccc2)c2ccccc2)cc1.O=C1CCC(=O)N1O. The highest BCUT2D eigenvalue weighted by molar-refractivity contribution is 6.03. The van der Waals surface area contributed by atoms with E-state index in [9.17, 15) is 39.0 Å². The Hall–Kier alpha value is -7.58. The zero-order valence-corrected chi connectivity index (χ0v) is 32.5. The van der Waals surface area contributed by atoms with Gasteiger partial charge in [-0.05, 0) is 57.6 Å². The smallest absolute Gasteiger partial charge is 0.363 e. The van der Waals surface area contributed by atoms with E-state index in [1.54, 1.807) is 24.3 Å². The number of amides is 4. The van der Waals surface area contributed by atoms with Crippen molar-refractivity contribution >= 4 is 35.6 Å². The van der Waals surface area contributed by atoms with Crippen LogP contribution in [0, 0.1) is 0 Å². The van der Waals surface area contributed by atoms with Crippen molar-refractivity contribution < 1.29 is 54.1 Å². The fourth-order valence-corrected chi connectivity index (χ4v) is 6.78. The summed E-state index contributed by atoms with van der Waals surface area (Å²) in [7, 11) is 0. The van der Waals surface area contributed by atoms with Crippen LogP contribution < -0.4 is 0 Å². The monoisotopic (exact) mass is 836 g/mol. The quantitative estimate of drug-likeness (QED) is 0.0663. The Morgan fingerprint density at radius 1 is 0.435 bits per heavy atom. The number of aliphatic hydroxyl groups is 2. The van der Waals surface area contributed by atoms with Gasteiger partial charge >= 0.3 is 11.9 Å². The fourth-order valence-electron chi connectivity index (χ4n) is 6.78. The van der Waals surface area contributed by atoms with Crippen LogP contribution in [-0.2, 0) is 35.2 Å². The topological polar surface area (TPSA) is 199 Å². The molecule has 316 valence electrons. The van der Waals surface area contributed by atoms with Crippen molar-refractivity contribution in [2.24, 2.45) is 0 Å². The lowest BCUT2D eigenvalue weighted by molar-refractivity contribution is -0.173. The van der Waals surface area contributed by atoms with Gasteiger partial charge in [-0.25, -0.2) is 9.59 Å². The first-order valence-electron chi connectivity index (χ1n) is 19.1. The number of rotatable bonds is 9. The summed E-state index contributed by atoms with van der Waals surface area (Å²) in [4.78, 5) is 72.1. The van der Waals surface area contributed by atoms with Crippen molar-refractivity contribution in [1.29, 1.82) is 0 Å². The van der Waals surface area contributed by atoms with E-state index in [4.69, 9.17) is 15.2 Å². The highest BCUT2D eigenvalue weighted by atomic mass is 16.7.